The van der Waals surface area contributed by atoms with Crippen LogP contribution < -0.4 is 10.2 Å². The van der Waals surface area contributed by atoms with Crippen LogP contribution in [0.1, 0.15) is 22.8 Å². The molecule has 1 aliphatic rings. The van der Waals surface area contributed by atoms with E-state index in [9.17, 15) is 4.79 Å². The molecule has 0 aromatic heterocycles. The van der Waals surface area contributed by atoms with Gasteiger partial charge in [0.25, 0.3) is 5.91 Å². The van der Waals surface area contributed by atoms with Gasteiger partial charge in [-0.1, -0.05) is 18.2 Å². The number of fused-ring (bicyclic) bond motifs is 1. The molecule has 0 saturated carbocycles. The zero-order chi connectivity index (χ0) is 13.9. The van der Waals surface area contributed by atoms with E-state index in [-0.39, 0.29) is 5.91 Å². The van der Waals surface area contributed by atoms with Crippen molar-refractivity contribution in [3.05, 3.63) is 59.7 Å². The number of carbonyl (C=O) groups excluding carboxylic acids is 1. The molecule has 1 N–H and O–H groups in total. The van der Waals surface area contributed by atoms with Crippen LogP contribution in [0.15, 0.2) is 48.5 Å². The average Bonchev–Trinajstić information content (AvgIpc) is 2.96. The highest BCUT2D eigenvalue weighted by molar-refractivity contribution is 6.06. The van der Waals surface area contributed by atoms with Gasteiger partial charge in [0.2, 0.25) is 0 Å². The van der Waals surface area contributed by atoms with Gasteiger partial charge in [-0.05, 0) is 49.2 Å². The second-order valence-electron chi connectivity index (χ2n) is 4.93. The van der Waals surface area contributed by atoms with Crippen LogP contribution in [0.3, 0.4) is 0 Å². The molecule has 1 heterocycles. The largest absolute Gasteiger partial charge is 0.384 e. The first kappa shape index (κ1) is 12.7. The highest BCUT2D eigenvalue weighted by atomic mass is 16.2. The molecule has 2 aromatic rings. The predicted molar refractivity (Wildman–Crippen MR) is 82.4 cm³/mol. The Labute approximate surface area is 119 Å². The van der Waals surface area contributed by atoms with Crippen molar-refractivity contribution >= 4 is 17.3 Å². The first-order valence-electron chi connectivity index (χ1n) is 7.03. The third-order valence-corrected chi connectivity index (χ3v) is 3.69. The van der Waals surface area contributed by atoms with Crippen molar-refractivity contribution < 1.29 is 4.79 Å². The van der Waals surface area contributed by atoms with E-state index in [0.717, 1.165) is 29.9 Å². The second-order valence-corrected chi connectivity index (χ2v) is 4.93. The van der Waals surface area contributed by atoms with Gasteiger partial charge in [-0.25, -0.2) is 0 Å². The first-order chi connectivity index (χ1) is 9.79. The Hall–Kier alpha value is -2.29. The van der Waals surface area contributed by atoms with E-state index in [1.165, 1.54) is 5.56 Å². The molecule has 1 aliphatic heterocycles. The zero-order valence-corrected chi connectivity index (χ0v) is 11.6. The number of hydrogen-bond acceptors (Lipinski definition) is 2. The number of hydrogen-bond donors (Lipinski definition) is 1. The molecular weight excluding hydrogens is 248 g/mol. The molecule has 2 aromatic carbocycles. The normalized spacial score (nSPS) is 12.7. The Kier molecular flexibility index (Phi) is 3.42. The third kappa shape index (κ3) is 2.27. The van der Waals surface area contributed by atoms with Gasteiger partial charge in [0.05, 0.1) is 0 Å². The quantitative estimate of drug-likeness (QED) is 0.924. The van der Waals surface area contributed by atoms with E-state index < -0.39 is 0 Å². The van der Waals surface area contributed by atoms with Gasteiger partial charge in [0, 0.05) is 30.0 Å². The van der Waals surface area contributed by atoms with Crippen LogP contribution >= 0.6 is 0 Å². The lowest BCUT2D eigenvalue weighted by Crippen LogP contribution is -2.30. The number of nitrogens with zero attached hydrogens (tertiary/aromatic N) is 1. The number of rotatable bonds is 3. The van der Waals surface area contributed by atoms with Crippen LogP contribution in [-0.2, 0) is 6.42 Å². The summed E-state index contributed by atoms with van der Waals surface area (Å²) in [6, 6.07) is 15.7. The van der Waals surface area contributed by atoms with Gasteiger partial charge in [-0.3, -0.25) is 4.79 Å². The number of anilines is 2. The van der Waals surface area contributed by atoms with Crippen LogP contribution in [0.5, 0.6) is 0 Å². The van der Waals surface area contributed by atoms with Crippen molar-refractivity contribution in [2.45, 2.75) is 13.3 Å². The number of benzene rings is 2. The van der Waals surface area contributed by atoms with Crippen LogP contribution in [0.4, 0.5) is 11.4 Å². The molecule has 0 aliphatic carbocycles. The summed E-state index contributed by atoms with van der Waals surface area (Å²) >= 11 is 0. The standard InChI is InChI=1S/C17H18N2O/c1-2-19(15-6-4-3-5-7-15)17(20)14-8-9-16-13(12-14)10-11-18-16/h3-9,12,18H,2,10-11H2,1H3. The number of para-hydroxylation sites is 1. The predicted octanol–water partition coefficient (Wildman–Crippen LogP) is 3.32. The molecule has 3 rings (SSSR count). The fourth-order valence-corrected chi connectivity index (χ4v) is 2.65. The number of amides is 1. The Bertz CT molecular complexity index is 622. The fourth-order valence-electron chi connectivity index (χ4n) is 2.65. The third-order valence-electron chi connectivity index (χ3n) is 3.69. The summed E-state index contributed by atoms with van der Waals surface area (Å²) in [5.41, 5.74) is 4.10. The molecule has 0 bridgehead atoms. The topological polar surface area (TPSA) is 32.3 Å². The molecule has 0 fully saturated rings. The first-order valence-corrected chi connectivity index (χ1v) is 7.03. The van der Waals surface area contributed by atoms with Gasteiger partial charge >= 0.3 is 0 Å². The minimum Gasteiger partial charge on any atom is -0.384 e. The van der Waals surface area contributed by atoms with Crippen LogP contribution in [0.25, 0.3) is 0 Å². The smallest absolute Gasteiger partial charge is 0.258 e. The maximum absolute atomic E-state index is 12.7. The summed E-state index contributed by atoms with van der Waals surface area (Å²) in [6.45, 7) is 3.63. The fraction of sp³-hybridized carbons (Fsp3) is 0.235. The lowest BCUT2D eigenvalue weighted by atomic mass is 10.1. The molecule has 3 heteroatoms. The zero-order valence-electron chi connectivity index (χ0n) is 11.6. The molecule has 102 valence electrons. The van der Waals surface area contributed by atoms with Crippen LogP contribution in [0.2, 0.25) is 0 Å². The molecule has 0 spiro atoms. The molecule has 0 atom stereocenters. The van der Waals surface area contributed by atoms with E-state index >= 15 is 0 Å². The Morgan fingerprint density at radius 1 is 1.20 bits per heavy atom. The molecule has 0 radical (unpaired) electrons. The second kappa shape index (κ2) is 5.37. The molecular formula is C17H18N2O. The number of carbonyl (C=O) groups is 1. The summed E-state index contributed by atoms with van der Waals surface area (Å²) in [6.07, 6.45) is 0.994. The average molecular weight is 266 g/mol. The summed E-state index contributed by atoms with van der Waals surface area (Å²) < 4.78 is 0. The van der Waals surface area contributed by atoms with Crippen molar-refractivity contribution in [1.29, 1.82) is 0 Å². The maximum Gasteiger partial charge on any atom is 0.258 e. The summed E-state index contributed by atoms with van der Waals surface area (Å²) in [5.74, 6) is 0.0633. The Morgan fingerprint density at radius 2 is 2.00 bits per heavy atom. The minimum atomic E-state index is 0.0633. The highest BCUT2D eigenvalue weighted by Crippen LogP contribution is 2.24. The lowest BCUT2D eigenvalue weighted by Gasteiger charge is -2.21. The van der Waals surface area contributed by atoms with E-state index in [0.29, 0.717) is 6.54 Å². The Morgan fingerprint density at radius 3 is 2.75 bits per heavy atom. The van der Waals surface area contributed by atoms with E-state index in [1.54, 1.807) is 0 Å². The Balaban J connectivity index is 1.91. The van der Waals surface area contributed by atoms with Crippen LogP contribution in [-0.4, -0.2) is 19.0 Å². The van der Waals surface area contributed by atoms with E-state index in [4.69, 9.17) is 0 Å². The van der Waals surface area contributed by atoms with Crippen molar-refractivity contribution in [2.24, 2.45) is 0 Å². The van der Waals surface area contributed by atoms with Crippen molar-refractivity contribution in [2.75, 3.05) is 23.3 Å². The molecule has 1 amide bonds. The monoisotopic (exact) mass is 266 g/mol. The van der Waals surface area contributed by atoms with Gasteiger partial charge in [-0.15, -0.1) is 0 Å². The lowest BCUT2D eigenvalue weighted by molar-refractivity contribution is 0.0988. The minimum absolute atomic E-state index is 0.0633. The van der Waals surface area contributed by atoms with Crippen molar-refractivity contribution in [3.63, 3.8) is 0 Å². The molecule has 0 saturated heterocycles. The van der Waals surface area contributed by atoms with Gasteiger partial charge in [0.1, 0.15) is 0 Å². The van der Waals surface area contributed by atoms with Crippen molar-refractivity contribution in [3.8, 4) is 0 Å². The van der Waals surface area contributed by atoms with Gasteiger partial charge in [-0.2, -0.15) is 0 Å². The SMILES string of the molecule is CCN(C(=O)c1ccc2c(c1)CCN2)c1ccccc1. The summed E-state index contributed by atoms with van der Waals surface area (Å²) in [7, 11) is 0. The maximum atomic E-state index is 12.7. The summed E-state index contributed by atoms with van der Waals surface area (Å²) in [4.78, 5) is 14.5. The van der Waals surface area contributed by atoms with Crippen LogP contribution in [0, 0.1) is 0 Å². The summed E-state index contributed by atoms with van der Waals surface area (Å²) in [5, 5.41) is 3.32. The van der Waals surface area contributed by atoms with Gasteiger partial charge in [0.15, 0.2) is 0 Å². The van der Waals surface area contributed by atoms with Crippen molar-refractivity contribution in [1.82, 2.24) is 0 Å². The molecule has 20 heavy (non-hydrogen) atoms. The van der Waals surface area contributed by atoms with Gasteiger partial charge < -0.3 is 10.2 Å². The molecule has 0 unspecified atom stereocenters. The number of nitrogens with one attached hydrogen (secondary N) is 1. The molecule has 3 nitrogen and oxygen atoms in total. The highest BCUT2D eigenvalue weighted by Gasteiger charge is 2.18. The van der Waals surface area contributed by atoms with E-state index in [1.807, 2.05) is 60.4 Å². The van der Waals surface area contributed by atoms with E-state index in [2.05, 4.69) is 5.32 Å².